The molecular formula is C22H27N3O3S. The molecule has 1 fully saturated rings. The highest BCUT2D eigenvalue weighted by Crippen LogP contribution is 2.38. The van der Waals surface area contributed by atoms with Crippen molar-refractivity contribution < 1.29 is 14.3 Å². The van der Waals surface area contributed by atoms with Crippen LogP contribution in [-0.2, 0) is 11.2 Å². The summed E-state index contributed by atoms with van der Waals surface area (Å²) in [5.41, 5.74) is 2.26. The van der Waals surface area contributed by atoms with Gasteiger partial charge < -0.3 is 19.4 Å². The molecule has 1 atom stereocenters. The fourth-order valence-corrected chi connectivity index (χ4v) is 4.87. The van der Waals surface area contributed by atoms with E-state index in [0.717, 1.165) is 30.6 Å². The molecule has 0 saturated heterocycles. The predicted molar refractivity (Wildman–Crippen MR) is 113 cm³/mol. The molecule has 154 valence electrons. The van der Waals surface area contributed by atoms with Crippen molar-refractivity contribution in [3.63, 3.8) is 0 Å². The van der Waals surface area contributed by atoms with E-state index in [1.165, 1.54) is 10.4 Å². The van der Waals surface area contributed by atoms with Crippen molar-refractivity contribution in [1.29, 1.82) is 0 Å². The van der Waals surface area contributed by atoms with Gasteiger partial charge in [-0.3, -0.25) is 4.79 Å². The van der Waals surface area contributed by atoms with E-state index in [0.29, 0.717) is 6.54 Å². The fraction of sp³-hybridized carbons (Fsp3) is 0.455. The zero-order chi connectivity index (χ0) is 20.5. The van der Waals surface area contributed by atoms with Crippen molar-refractivity contribution in [3.05, 3.63) is 51.7 Å². The number of fused-ring (bicyclic) bond motifs is 1. The number of rotatable bonds is 5. The van der Waals surface area contributed by atoms with E-state index in [4.69, 9.17) is 4.74 Å². The first kappa shape index (κ1) is 19.8. The Morgan fingerprint density at radius 2 is 1.90 bits per heavy atom. The molecule has 2 aromatic rings. The number of amides is 3. The number of benzene rings is 1. The van der Waals surface area contributed by atoms with Gasteiger partial charge >= 0.3 is 6.03 Å². The topological polar surface area (TPSA) is 53.1 Å². The Kier molecular flexibility index (Phi) is 5.50. The number of hydrogen-bond donors (Lipinski definition) is 0. The smallest absolute Gasteiger partial charge is 0.320 e. The minimum atomic E-state index is -0.126. The Hall–Kier alpha value is -2.54. The molecule has 1 aliphatic heterocycles. The van der Waals surface area contributed by atoms with Crippen LogP contribution in [0, 0.1) is 0 Å². The lowest BCUT2D eigenvalue weighted by Crippen LogP contribution is -2.49. The van der Waals surface area contributed by atoms with Crippen molar-refractivity contribution in [3.8, 4) is 5.75 Å². The summed E-state index contributed by atoms with van der Waals surface area (Å²) in [4.78, 5) is 32.5. The molecule has 1 aliphatic carbocycles. The van der Waals surface area contributed by atoms with Crippen molar-refractivity contribution in [2.24, 2.45) is 0 Å². The summed E-state index contributed by atoms with van der Waals surface area (Å²) in [5, 5.41) is 2.10. The van der Waals surface area contributed by atoms with Crippen molar-refractivity contribution in [2.75, 3.05) is 34.3 Å². The summed E-state index contributed by atoms with van der Waals surface area (Å²) in [7, 11) is 5.12. The van der Waals surface area contributed by atoms with Crippen LogP contribution in [0.1, 0.15) is 34.9 Å². The molecule has 0 bridgehead atoms. The zero-order valence-corrected chi connectivity index (χ0v) is 17.9. The molecule has 29 heavy (non-hydrogen) atoms. The van der Waals surface area contributed by atoms with Crippen LogP contribution in [0.5, 0.6) is 5.75 Å². The second-order valence-corrected chi connectivity index (χ2v) is 8.85. The van der Waals surface area contributed by atoms with Crippen LogP contribution >= 0.6 is 11.3 Å². The van der Waals surface area contributed by atoms with E-state index >= 15 is 0 Å². The highest BCUT2D eigenvalue weighted by atomic mass is 32.1. The third kappa shape index (κ3) is 3.96. The maximum absolute atomic E-state index is 13.4. The Morgan fingerprint density at radius 3 is 2.52 bits per heavy atom. The van der Waals surface area contributed by atoms with Gasteiger partial charge in [0.2, 0.25) is 5.91 Å². The number of nitrogens with zero attached hydrogens (tertiary/aromatic N) is 3. The van der Waals surface area contributed by atoms with Crippen LogP contribution in [0.3, 0.4) is 0 Å². The number of carbonyl (C=O) groups is 2. The first-order valence-electron chi connectivity index (χ1n) is 9.97. The van der Waals surface area contributed by atoms with Gasteiger partial charge in [0.15, 0.2) is 0 Å². The highest BCUT2D eigenvalue weighted by Gasteiger charge is 2.38. The second kappa shape index (κ2) is 8.06. The van der Waals surface area contributed by atoms with Gasteiger partial charge in [-0.05, 0) is 54.0 Å². The van der Waals surface area contributed by atoms with E-state index in [9.17, 15) is 9.59 Å². The highest BCUT2D eigenvalue weighted by molar-refractivity contribution is 7.10. The second-order valence-electron chi connectivity index (χ2n) is 7.85. The number of thiophene rings is 1. The first-order valence-corrected chi connectivity index (χ1v) is 10.8. The van der Waals surface area contributed by atoms with Gasteiger partial charge in [-0.15, -0.1) is 11.3 Å². The van der Waals surface area contributed by atoms with Crippen LogP contribution < -0.4 is 4.74 Å². The van der Waals surface area contributed by atoms with Gasteiger partial charge in [0.05, 0.1) is 13.2 Å². The normalized spacial score (nSPS) is 18.2. The number of hydrogen-bond acceptors (Lipinski definition) is 4. The summed E-state index contributed by atoms with van der Waals surface area (Å²) in [5.74, 6) is 0.800. The quantitative estimate of drug-likeness (QED) is 0.755. The van der Waals surface area contributed by atoms with Crippen molar-refractivity contribution >= 4 is 23.3 Å². The third-order valence-electron chi connectivity index (χ3n) is 5.64. The minimum absolute atomic E-state index is 0.00441. The summed E-state index contributed by atoms with van der Waals surface area (Å²) in [6, 6.07) is 10.0. The van der Waals surface area contributed by atoms with E-state index in [1.807, 2.05) is 29.2 Å². The Labute approximate surface area is 175 Å². The maximum Gasteiger partial charge on any atom is 0.320 e. The molecular weight excluding hydrogens is 386 g/mol. The van der Waals surface area contributed by atoms with Crippen LogP contribution in [0.15, 0.2) is 35.7 Å². The van der Waals surface area contributed by atoms with Gasteiger partial charge in [0.1, 0.15) is 12.3 Å². The first-order chi connectivity index (χ1) is 14.0. The van der Waals surface area contributed by atoms with Gasteiger partial charge in [-0.2, -0.15) is 0 Å². The molecule has 1 unspecified atom stereocenters. The molecule has 7 heteroatoms. The molecule has 3 amide bonds. The zero-order valence-electron chi connectivity index (χ0n) is 17.1. The Balaban J connectivity index is 1.62. The van der Waals surface area contributed by atoms with Crippen LogP contribution in [0.2, 0.25) is 0 Å². The van der Waals surface area contributed by atoms with Crippen molar-refractivity contribution in [2.45, 2.75) is 31.3 Å². The predicted octanol–water partition coefficient (Wildman–Crippen LogP) is 3.38. The van der Waals surface area contributed by atoms with Gasteiger partial charge in [-0.25, -0.2) is 4.79 Å². The summed E-state index contributed by atoms with van der Waals surface area (Å²) >= 11 is 1.75. The monoisotopic (exact) mass is 413 g/mol. The number of carbonyl (C=O) groups excluding carboxylic acids is 2. The minimum Gasteiger partial charge on any atom is -0.497 e. The molecule has 1 saturated carbocycles. The number of ether oxygens (including phenoxy) is 1. The lowest BCUT2D eigenvalue weighted by molar-refractivity contribution is -0.134. The number of urea groups is 1. The van der Waals surface area contributed by atoms with Gasteiger partial charge in [-0.1, -0.05) is 12.1 Å². The third-order valence-corrected chi connectivity index (χ3v) is 6.64. The van der Waals surface area contributed by atoms with Crippen LogP contribution in [0.4, 0.5) is 4.79 Å². The molecule has 2 heterocycles. The summed E-state index contributed by atoms with van der Waals surface area (Å²) < 4.78 is 5.29. The van der Waals surface area contributed by atoms with Crippen molar-refractivity contribution in [1.82, 2.24) is 14.7 Å². The average molecular weight is 414 g/mol. The largest absolute Gasteiger partial charge is 0.497 e. The lowest BCUT2D eigenvalue weighted by Gasteiger charge is -2.38. The molecule has 6 nitrogen and oxygen atoms in total. The molecule has 0 spiro atoms. The van der Waals surface area contributed by atoms with E-state index in [2.05, 4.69) is 11.4 Å². The molecule has 2 aliphatic rings. The molecule has 0 radical (unpaired) electrons. The van der Waals surface area contributed by atoms with Gasteiger partial charge in [0.25, 0.3) is 0 Å². The van der Waals surface area contributed by atoms with Crippen LogP contribution in [-0.4, -0.2) is 67.0 Å². The van der Waals surface area contributed by atoms with Gasteiger partial charge in [0, 0.05) is 31.6 Å². The van der Waals surface area contributed by atoms with E-state index in [-0.39, 0.29) is 30.6 Å². The summed E-state index contributed by atoms with van der Waals surface area (Å²) in [6.07, 6.45) is 2.81. The fourth-order valence-electron chi connectivity index (χ4n) is 3.96. The molecule has 1 aromatic heterocycles. The standard InChI is InChI=1S/C22H27N3O3S/c1-23(2)22(27)25(16-6-7-16)14-20(26)24-12-10-19-18(11-13-29-19)21(24)15-4-8-17(28-3)9-5-15/h4-5,8-9,11,13,16,21H,6-7,10,12,14H2,1-3H3. The molecule has 4 rings (SSSR count). The Bertz CT molecular complexity index is 889. The molecule has 1 aromatic carbocycles. The molecule has 0 N–H and O–H groups in total. The number of methoxy groups -OCH3 is 1. The van der Waals surface area contributed by atoms with Crippen LogP contribution in [0.25, 0.3) is 0 Å². The van der Waals surface area contributed by atoms with E-state index in [1.54, 1.807) is 42.3 Å². The van der Waals surface area contributed by atoms with E-state index < -0.39 is 0 Å². The Morgan fingerprint density at radius 1 is 1.17 bits per heavy atom. The summed E-state index contributed by atoms with van der Waals surface area (Å²) in [6.45, 7) is 0.797. The average Bonchev–Trinajstić information content (AvgIpc) is 3.46. The maximum atomic E-state index is 13.4. The lowest BCUT2D eigenvalue weighted by atomic mass is 9.93. The SMILES string of the molecule is COc1ccc(C2c3ccsc3CCN2C(=O)CN(C(=O)N(C)C)C2CC2)cc1.